The lowest BCUT2D eigenvalue weighted by Crippen LogP contribution is -2.34. The van der Waals surface area contributed by atoms with E-state index in [0.29, 0.717) is 15.8 Å². The Bertz CT molecular complexity index is 915. The van der Waals surface area contributed by atoms with Gasteiger partial charge in [0.2, 0.25) is 0 Å². The van der Waals surface area contributed by atoms with Crippen LogP contribution in [-0.2, 0) is 9.53 Å². The maximum Gasteiger partial charge on any atom is 0.338 e. The molecule has 0 atom stereocenters. The molecule has 0 aliphatic carbocycles. The molecule has 1 aliphatic rings. The van der Waals surface area contributed by atoms with Gasteiger partial charge >= 0.3 is 5.97 Å². The number of carbonyl (C=O) groups is 2. The van der Waals surface area contributed by atoms with Gasteiger partial charge in [-0.1, -0.05) is 11.6 Å². The van der Waals surface area contributed by atoms with Crippen LogP contribution in [0.2, 0.25) is 5.02 Å². The second kappa shape index (κ2) is 4.90. The second-order valence-corrected chi connectivity index (χ2v) is 5.21. The van der Waals surface area contributed by atoms with Gasteiger partial charge in [-0.15, -0.1) is 0 Å². The number of fused-ring (bicyclic) bond motifs is 3. The zero-order valence-electron chi connectivity index (χ0n) is 11.4. The van der Waals surface area contributed by atoms with E-state index in [1.165, 1.54) is 19.4 Å². The van der Waals surface area contributed by atoms with Crippen LogP contribution < -0.4 is 15.8 Å². The predicted octanol–water partition coefficient (Wildman–Crippen LogP) is 1.25. The average Bonchev–Trinajstić information content (AvgIpc) is 2.47. The summed E-state index contributed by atoms with van der Waals surface area (Å²) in [6.07, 6.45) is 2.90. The molecule has 1 aliphatic heterocycles. The number of esters is 1. The minimum atomic E-state index is -0.451. The third-order valence-corrected chi connectivity index (χ3v) is 3.90. The lowest BCUT2D eigenvalue weighted by molar-refractivity contribution is -0.114. The van der Waals surface area contributed by atoms with Gasteiger partial charge in [0.05, 0.1) is 12.7 Å². The Balaban J connectivity index is 2.54. The first kappa shape index (κ1) is 13.6. The van der Waals surface area contributed by atoms with E-state index in [2.05, 4.69) is 5.32 Å². The average molecular weight is 301 g/mol. The third kappa shape index (κ3) is 2.17. The molecule has 4 nitrogen and oxygen atoms in total. The molecule has 2 aromatic carbocycles. The zero-order valence-corrected chi connectivity index (χ0v) is 12.2. The van der Waals surface area contributed by atoms with Gasteiger partial charge in [0.1, 0.15) is 0 Å². The molecule has 21 heavy (non-hydrogen) atoms. The van der Waals surface area contributed by atoms with Gasteiger partial charge in [-0.2, -0.15) is 0 Å². The van der Waals surface area contributed by atoms with Crippen molar-refractivity contribution in [3.63, 3.8) is 0 Å². The van der Waals surface area contributed by atoms with E-state index in [9.17, 15) is 9.59 Å². The molecule has 0 saturated carbocycles. The number of ether oxygens (including phenoxy) is 1. The van der Waals surface area contributed by atoms with Crippen LogP contribution in [0.5, 0.6) is 0 Å². The first-order chi connectivity index (χ1) is 10.0. The number of halogens is 1. The van der Waals surface area contributed by atoms with E-state index in [1.807, 2.05) is 13.0 Å². The molecule has 3 rings (SSSR count). The fourth-order valence-corrected chi connectivity index (χ4v) is 2.60. The molecule has 2 aromatic rings. The number of carbonyl (C=O) groups excluding carboxylic acids is 2. The number of rotatable bonds is 1. The Morgan fingerprint density at radius 2 is 2.00 bits per heavy atom. The van der Waals surface area contributed by atoms with Crippen LogP contribution in [-0.4, -0.2) is 19.0 Å². The third-order valence-electron chi connectivity index (χ3n) is 3.50. The maximum atomic E-state index is 12.0. The number of benzene rings is 2. The van der Waals surface area contributed by atoms with E-state index < -0.39 is 5.97 Å². The SMILES string of the molecule is COC(=O)c1cc2c(c3cc(Cl)c(C)cc13)=C[N]C(=O)C=2. The highest BCUT2D eigenvalue weighted by atomic mass is 35.5. The minimum Gasteiger partial charge on any atom is -0.465 e. The number of methoxy groups -OCH3 is 1. The van der Waals surface area contributed by atoms with Crippen LogP contribution in [0.3, 0.4) is 0 Å². The van der Waals surface area contributed by atoms with Crippen molar-refractivity contribution >= 4 is 46.5 Å². The zero-order chi connectivity index (χ0) is 15.1. The molecule has 105 valence electrons. The van der Waals surface area contributed by atoms with Gasteiger partial charge in [0, 0.05) is 22.5 Å². The van der Waals surface area contributed by atoms with E-state index >= 15 is 0 Å². The summed E-state index contributed by atoms with van der Waals surface area (Å²) in [5.74, 6) is -0.802. The maximum absolute atomic E-state index is 12.0. The van der Waals surface area contributed by atoms with Gasteiger partial charge < -0.3 is 4.74 Å². The monoisotopic (exact) mass is 300 g/mol. The summed E-state index contributed by atoms with van der Waals surface area (Å²) in [4.78, 5) is 23.4. The normalized spacial score (nSPS) is 13.0. The molecule has 1 amide bonds. The van der Waals surface area contributed by atoms with Crippen molar-refractivity contribution in [3.05, 3.63) is 44.8 Å². The minimum absolute atomic E-state index is 0.351. The van der Waals surface area contributed by atoms with E-state index in [0.717, 1.165) is 21.6 Å². The summed E-state index contributed by atoms with van der Waals surface area (Å²) in [5.41, 5.74) is 1.27. The summed E-state index contributed by atoms with van der Waals surface area (Å²) < 4.78 is 4.83. The molecule has 0 fully saturated rings. The topological polar surface area (TPSA) is 57.5 Å². The molecule has 1 radical (unpaired) electrons. The lowest BCUT2D eigenvalue weighted by atomic mass is 9.98. The van der Waals surface area contributed by atoms with Gasteiger partial charge in [0.25, 0.3) is 5.91 Å². The molecule has 0 N–H and O–H groups in total. The van der Waals surface area contributed by atoms with Crippen molar-refractivity contribution in [2.24, 2.45) is 0 Å². The molecule has 0 saturated heterocycles. The molecule has 0 spiro atoms. The molecule has 0 bridgehead atoms. The van der Waals surface area contributed by atoms with E-state index in [4.69, 9.17) is 16.3 Å². The van der Waals surface area contributed by atoms with Gasteiger partial charge in [-0.05, 0) is 46.7 Å². The predicted molar refractivity (Wildman–Crippen MR) is 80.4 cm³/mol. The second-order valence-electron chi connectivity index (χ2n) is 4.81. The molecule has 5 heteroatoms. The smallest absolute Gasteiger partial charge is 0.338 e. The summed E-state index contributed by atoms with van der Waals surface area (Å²) in [6.45, 7) is 1.87. The first-order valence-electron chi connectivity index (χ1n) is 6.29. The fourth-order valence-electron chi connectivity index (χ4n) is 2.43. The lowest BCUT2D eigenvalue weighted by Gasteiger charge is -2.11. The Morgan fingerprint density at radius 1 is 1.24 bits per heavy atom. The molecule has 0 aromatic heterocycles. The van der Waals surface area contributed by atoms with Crippen molar-refractivity contribution in [1.82, 2.24) is 5.32 Å². The van der Waals surface area contributed by atoms with Gasteiger partial charge in [0.15, 0.2) is 0 Å². The molecule has 0 unspecified atom stereocenters. The number of amides is 1. The van der Waals surface area contributed by atoms with Crippen LogP contribution in [0.15, 0.2) is 18.2 Å². The van der Waals surface area contributed by atoms with Crippen LogP contribution >= 0.6 is 11.6 Å². The standard InChI is InChI=1S/C16H11ClNO3/c1-8-3-10-11(6-14(8)17)13-7-18-15(19)5-9(13)4-12(10)16(20)21-2/h3-7H,1-2H3. The number of hydrogen-bond donors (Lipinski definition) is 0. The molecular weight excluding hydrogens is 290 g/mol. The van der Waals surface area contributed by atoms with E-state index in [1.54, 1.807) is 12.1 Å². The van der Waals surface area contributed by atoms with Crippen molar-refractivity contribution in [2.45, 2.75) is 6.92 Å². The summed E-state index contributed by atoms with van der Waals surface area (Å²) in [7, 11) is 1.33. The van der Waals surface area contributed by atoms with Crippen molar-refractivity contribution < 1.29 is 14.3 Å². The van der Waals surface area contributed by atoms with Crippen LogP contribution in [0.1, 0.15) is 15.9 Å². The Kier molecular flexibility index (Phi) is 3.18. The Hall–Kier alpha value is -2.33. The fraction of sp³-hybridized carbons (Fsp3) is 0.125. The van der Waals surface area contributed by atoms with Crippen LogP contribution in [0, 0.1) is 6.92 Å². The summed E-state index contributed by atoms with van der Waals surface area (Å²) >= 11 is 6.19. The van der Waals surface area contributed by atoms with Crippen LogP contribution in [0.4, 0.5) is 0 Å². The Labute approximate surface area is 125 Å². The number of hydrogen-bond acceptors (Lipinski definition) is 3. The quantitative estimate of drug-likeness (QED) is 0.745. The summed E-state index contributed by atoms with van der Waals surface area (Å²) in [6, 6.07) is 5.28. The highest BCUT2D eigenvalue weighted by Crippen LogP contribution is 2.24. The van der Waals surface area contributed by atoms with Gasteiger partial charge in [-0.3, -0.25) is 4.79 Å². The highest BCUT2D eigenvalue weighted by Gasteiger charge is 2.15. The molecule has 1 heterocycles. The van der Waals surface area contributed by atoms with E-state index in [-0.39, 0.29) is 5.91 Å². The van der Waals surface area contributed by atoms with Crippen LogP contribution in [0.25, 0.3) is 23.0 Å². The van der Waals surface area contributed by atoms with Gasteiger partial charge in [-0.25, -0.2) is 10.1 Å². The van der Waals surface area contributed by atoms with Crippen molar-refractivity contribution in [1.29, 1.82) is 0 Å². The highest BCUT2D eigenvalue weighted by molar-refractivity contribution is 6.32. The molecular formula is C16H11ClNO3. The number of nitrogens with zero attached hydrogens (tertiary/aromatic N) is 1. The van der Waals surface area contributed by atoms with Crippen molar-refractivity contribution in [3.8, 4) is 0 Å². The first-order valence-corrected chi connectivity index (χ1v) is 6.67. The van der Waals surface area contributed by atoms with Crippen molar-refractivity contribution in [2.75, 3.05) is 7.11 Å². The Morgan fingerprint density at radius 3 is 2.71 bits per heavy atom. The largest absolute Gasteiger partial charge is 0.465 e. The number of aryl methyl sites for hydroxylation is 1. The summed E-state index contributed by atoms with van der Waals surface area (Å²) in [5, 5.41) is 7.31.